The van der Waals surface area contributed by atoms with Crippen LogP contribution in [0.3, 0.4) is 0 Å². The molecule has 1 aromatic heterocycles. The van der Waals surface area contributed by atoms with Crippen LogP contribution in [0.5, 0.6) is 0 Å². The van der Waals surface area contributed by atoms with E-state index in [4.69, 9.17) is 0 Å². The Morgan fingerprint density at radius 2 is 2.22 bits per heavy atom. The number of carbonyl (C=O) groups excluding carboxylic acids is 1. The number of aromatic nitrogens is 1. The molecule has 0 spiro atoms. The van der Waals surface area contributed by atoms with Crippen molar-refractivity contribution in [3.8, 4) is 10.4 Å². The molecule has 94 valence electrons. The standard InChI is InChI=1S/C14H16N2OS/c1-3-11-6-12(14-10(2)16-9-18-14)4-5-13(11)7-15-8-17/h4-6,8-9H,3,7H2,1-2H3,(H,15,17). The fourth-order valence-corrected chi connectivity index (χ4v) is 2.80. The first-order chi connectivity index (χ1) is 8.76. The van der Waals surface area contributed by atoms with Crippen LogP contribution in [-0.2, 0) is 17.8 Å². The molecule has 0 radical (unpaired) electrons. The van der Waals surface area contributed by atoms with Crippen molar-refractivity contribution >= 4 is 17.7 Å². The minimum absolute atomic E-state index is 0.592. The lowest BCUT2D eigenvalue weighted by Crippen LogP contribution is -2.11. The summed E-state index contributed by atoms with van der Waals surface area (Å²) in [7, 11) is 0. The fourth-order valence-electron chi connectivity index (χ4n) is 2.00. The summed E-state index contributed by atoms with van der Waals surface area (Å²) in [5.74, 6) is 0. The summed E-state index contributed by atoms with van der Waals surface area (Å²) in [5.41, 5.74) is 6.60. The second kappa shape index (κ2) is 5.78. The van der Waals surface area contributed by atoms with Gasteiger partial charge >= 0.3 is 0 Å². The number of hydrogen-bond donors (Lipinski definition) is 1. The maximum Gasteiger partial charge on any atom is 0.207 e. The third-order valence-corrected chi connectivity index (χ3v) is 3.95. The van der Waals surface area contributed by atoms with E-state index in [2.05, 4.69) is 35.4 Å². The van der Waals surface area contributed by atoms with Crippen molar-refractivity contribution in [1.29, 1.82) is 0 Å². The molecule has 1 amide bonds. The summed E-state index contributed by atoms with van der Waals surface area (Å²) in [6.45, 7) is 4.75. The smallest absolute Gasteiger partial charge is 0.207 e. The predicted octanol–water partition coefficient (Wildman–Crippen LogP) is 2.93. The summed E-state index contributed by atoms with van der Waals surface area (Å²) in [6, 6.07) is 6.38. The van der Waals surface area contributed by atoms with E-state index in [0.29, 0.717) is 6.54 Å². The maximum atomic E-state index is 10.4. The Labute approximate surface area is 111 Å². The van der Waals surface area contributed by atoms with E-state index in [-0.39, 0.29) is 0 Å². The van der Waals surface area contributed by atoms with Gasteiger partial charge in [-0.15, -0.1) is 11.3 Å². The largest absolute Gasteiger partial charge is 0.355 e. The van der Waals surface area contributed by atoms with Gasteiger partial charge < -0.3 is 5.32 Å². The zero-order valence-corrected chi connectivity index (χ0v) is 11.4. The van der Waals surface area contributed by atoms with E-state index in [1.807, 2.05) is 12.4 Å². The summed E-state index contributed by atoms with van der Waals surface area (Å²) < 4.78 is 0. The molecule has 0 saturated heterocycles. The summed E-state index contributed by atoms with van der Waals surface area (Å²) in [4.78, 5) is 15.9. The maximum absolute atomic E-state index is 10.4. The van der Waals surface area contributed by atoms with E-state index in [0.717, 1.165) is 18.5 Å². The minimum atomic E-state index is 0.592. The quantitative estimate of drug-likeness (QED) is 0.840. The molecule has 1 aromatic carbocycles. The number of benzene rings is 1. The van der Waals surface area contributed by atoms with Crippen LogP contribution in [0.2, 0.25) is 0 Å². The summed E-state index contributed by atoms with van der Waals surface area (Å²) in [5, 5.41) is 2.71. The molecule has 18 heavy (non-hydrogen) atoms. The van der Waals surface area contributed by atoms with E-state index in [9.17, 15) is 4.79 Å². The van der Waals surface area contributed by atoms with Crippen LogP contribution in [0.15, 0.2) is 23.7 Å². The highest BCUT2D eigenvalue weighted by molar-refractivity contribution is 7.13. The normalized spacial score (nSPS) is 10.3. The lowest BCUT2D eigenvalue weighted by molar-refractivity contribution is -0.109. The van der Waals surface area contributed by atoms with Crippen LogP contribution in [0.25, 0.3) is 10.4 Å². The topological polar surface area (TPSA) is 42.0 Å². The lowest BCUT2D eigenvalue weighted by Gasteiger charge is -2.09. The van der Waals surface area contributed by atoms with Crippen molar-refractivity contribution in [3.05, 3.63) is 40.5 Å². The highest BCUT2D eigenvalue weighted by Crippen LogP contribution is 2.29. The lowest BCUT2D eigenvalue weighted by atomic mass is 10.0. The van der Waals surface area contributed by atoms with Crippen molar-refractivity contribution in [1.82, 2.24) is 10.3 Å². The number of nitrogens with one attached hydrogen (secondary N) is 1. The van der Waals surface area contributed by atoms with Crippen molar-refractivity contribution in [2.45, 2.75) is 26.8 Å². The van der Waals surface area contributed by atoms with Crippen LogP contribution in [0, 0.1) is 6.92 Å². The molecule has 0 fully saturated rings. The Bertz CT molecular complexity index is 548. The second-order valence-corrected chi connectivity index (χ2v) is 4.96. The molecule has 0 aliphatic carbocycles. The predicted molar refractivity (Wildman–Crippen MR) is 74.6 cm³/mol. The summed E-state index contributed by atoms with van der Waals surface area (Å²) >= 11 is 1.66. The molecule has 2 aromatic rings. The van der Waals surface area contributed by atoms with Gasteiger partial charge in [0.15, 0.2) is 0 Å². The molecule has 3 nitrogen and oxygen atoms in total. The Hall–Kier alpha value is -1.68. The number of thiazole rings is 1. The number of carbonyl (C=O) groups is 1. The molecule has 1 N–H and O–H groups in total. The Morgan fingerprint density at radius 1 is 1.39 bits per heavy atom. The Morgan fingerprint density at radius 3 is 2.83 bits per heavy atom. The van der Waals surface area contributed by atoms with Crippen molar-refractivity contribution in [2.75, 3.05) is 0 Å². The third kappa shape index (κ3) is 2.59. The van der Waals surface area contributed by atoms with E-state index in [1.165, 1.54) is 21.6 Å². The molecular formula is C14H16N2OS. The number of nitrogens with zero attached hydrogens (tertiary/aromatic N) is 1. The SMILES string of the molecule is CCc1cc(-c2scnc2C)ccc1CNC=O. The molecule has 0 aliphatic heterocycles. The van der Waals surface area contributed by atoms with Crippen molar-refractivity contribution in [2.24, 2.45) is 0 Å². The van der Waals surface area contributed by atoms with Crippen molar-refractivity contribution in [3.63, 3.8) is 0 Å². The van der Waals surface area contributed by atoms with Gasteiger partial charge in [0.25, 0.3) is 0 Å². The first kappa shape index (κ1) is 12.8. The van der Waals surface area contributed by atoms with Gasteiger partial charge in [-0.1, -0.05) is 19.1 Å². The van der Waals surface area contributed by atoms with Gasteiger partial charge in [0.1, 0.15) is 0 Å². The molecular weight excluding hydrogens is 244 g/mol. The molecule has 0 unspecified atom stereocenters. The van der Waals surface area contributed by atoms with E-state index in [1.54, 1.807) is 11.3 Å². The van der Waals surface area contributed by atoms with E-state index >= 15 is 0 Å². The van der Waals surface area contributed by atoms with Crippen LogP contribution < -0.4 is 5.32 Å². The Kier molecular flexibility index (Phi) is 4.10. The zero-order valence-electron chi connectivity index (χ0n) is 10.6. The molecule has 0 atom stereocenters. The first-order valence-corrected chi connectivity index (χ1v) is 6.83. The molecule has 0 bridgehead atoms. The first-order valence-electron chi connectivity index (χ1n) is 5.95. The number of amides is 1. The second-order valence-electron chi connectivity index (χ2n) is 4.10. The van der Waals surface area contributed by atoms with Gasteiger partial charge in [-0.05, 0) is 36.1 Å². The van der Waals surface area contributed by atoms with Gasteiger partial charge in [0.05, 0.1) is 16.1 Å². The summed E-state index contributed by atoms with van der Waals surface area (Å²) in [6.07, 6.45) is 1.70. The zero-order chi connectivity index (χ0) is 13.0. The average molecular weight is 260 g/mol. The average Bonchev–Trinajstić information content (AvgIpc) is 2.82. The number of hydrogen-bond acceptors (Lipinski definition) is 3. The van der Waals surface area contributed by atoms with Gasteiger partial charge in [0, 0.05) is 6.54 Å². The number of aryl methyl sites for hydroxylation is 2. The third-order valence-electron chi connectivity index (χ3n) is 2.97. The van der Waals surface area contributed by atoms with E-state index < -0.39 is 0 Å². The fraction of sp³-hybridized carbons (Fsp3) is 0.286. The molecule has 2 rings (SSSR count). The molecule has 4 heteroatoms. The van der Waals surface area contributed by atoms with Crippen LogP contribution >= 0.6 is 11.3 Å². The highest BCUT2D eigenvalue weighted by atomic mass is 32.1. The minimum Gasteiger partial charge on any atom is -0.355 e. The Balaban J connectivity index is 2.35. The van der Waals surface area contributed by atoms with Gasteiger partial charge in [-0.25, -0.2) is 4.98 Å². The van der Waals surface area contributed by atoms with Crippen LogP contribution in [0.1, 0.15) is 23.7 Å². The monoisotopic (exact) mass is 260 g/mol. The van der Waals surface area contributed by atoms with Gasteiger partial charge in [-0.3, -0.25) is 4.79 Å². The van der Waals surface area contributed by atoms with Gasteiger partial charge in [0.2, 0.25) is 6.41 Å². The van der Waals surface area contributed by atoms with Crippen LogP contribution in [-0.4, -0.2) is 11.4 Å². The number of rotatable bonds is 5. The molecule has 1 heterocycles. The molecule has 0 aliphatic rings. The van der Waals surface area contributed by atoms with Crippen LogP contribution in [0.4, 0.5) is 0 Å². The van der Waals surface area contributed by atoms with Gasteiger partial charge in [-0.2, -0.15) is 0 Å². The molecule has 0 saturated carbocycles. The highest BCUT2D eigenvalue weighted by Gasteiger charge is 2.07. The van der Waals surface area contributed by atoms with Crippen molar-refractivity contribution < 1.29 is 4.79 Å².